The molecule has 0 aromatic heterocycles. The van der Waals surface area contributed by atoms with E-state index in [1.54, 1.807) is 0 Å². The maximum atomic E-state index is 3.48. The fourth-order valence-corrected chi connectivity index (χ4v) is 3.10. The Balaban J connectivity index is 0.000000185. The van der Waals surface area contributed by atoms with E-state index in [4.69, 9.17) is 0 Å². The highest BCUT2D eigenvalue weighted by molar-refractivity contribution is 9.36. The zero-order valence-electron chi connectivity index (χ0n) is 13.6. The van der Waals surface area contributed by atoms with Crippen molar-refractivity contribution in [1.82, 2.24) is 0 Å². The molecule has 0 saturated heterocycles. The van der Waals surface area contributed by atoms with E-state index in [1.807, 2.05) is 66.7 Å². The molecule has 0 fully saturated rings. The van der Waals surface area contributed by atoms with Crippen LogP contribution in [-0.4, -0.2) is 0 Å². The molecule has 0 saturated carbocycles. The van der Waals surface area contributed by atoms with Crippen LogP contribution in [0.2, 0.25) is 0 Å². The number of benzene rings is 3. The highest BCUT2D eigenvalue weighted by atomic mass is 79.9. The van der Waals surface area contributed by atoms with E-state index in [0.29, 0.717) is 5.66 Å². The summed E-state index contributed by atoms with van der Waals surface area (Å²) in [5, 5.41) is 0. The highest BCUT2D eigenvalue weighted by Gasteiger charge is 2.00. The van der Waals surface area contributed by atoms with E-state index < -0.39 is 0 Å². The Morgan fingerprint density at radius 3 is 1.42 bits per heavy atom. The topological polar surface area (TPSA) is 0 Å². The van der Waals surface area contributed by atoms with Gasteiger partial charge in [-0.2, -0.15) is 0 Å². The Labute approximate surface area is 154 Å². The number of halogens is 1. The lowest BCUT2D eigenvalue weighted by atomic mass is 10.2. The van der Waals surface area contributed by atoms with Crippen molar-refractivity contribution >= 4 is 22.8 Å². The second kappa shape index (κ2) is 10.8. The molecule has 0 heterocycles. The van der Waals surface area contributed by atoms with Crippen LogP contribution < -0.4 is 0 Å². The van der Waals surface area contributed by atoms with Crippen molar-refractivity contribution < 1.29 is 0 Å². The summed E-state index contributed by atoms with van der Waals surface area (Å²) in [5.74, 6) is 6.22. The second-order valence-electron chi connectivity index (χ2n) is 5.22. The Kier molecular flexibility index (Phi) is 8.33. The third-order valence-corrected chi connectivity index (χ3v) is 6.08. The molecule has 0 aliphatic rings. The molecule has 24 heavy (non-hydrogen) atoms. The van der Waals surface area contributed by atoms with Gasteiger partial charge in [-0.25, -0.2) is 0 Å². The normalized spacial score (nSPS) is 11.1. The molecule has 3 rings (SSSR count). The van der Waals surface area contributed by atoms with Gasteiger partial charge in [0, 0.05) is 16.8 Å². The largest absolute Gasteiger partial charge is 0.0636 e. The summed E-state index contributed by atoms with van der Waals surface area (Å²) in [7, 11) is 0.821. The minimum absolute atomic E-state index is 0.654. The predicted octanol–water partition coefficient (Wildman–Crippen LogP) is 6.82. The number of hydrogen-bond acceptors (Lipinski definition) is 0. The van der Waals surface area contributed by atoms with Crippen LogP contribution in [0.5, 0.6) is 0 Å². The van der Waals surface area contributed by atoms with Gasteiger partial charge in [0.15, 0.2) is 0 Å². The minimum atomic E-state index is 0.654. The SMILES string of the molecule is C(#Cc1ccccc1)c1ccccc1.CC(PBr)c1ccccc1. The van der Waals surface area contributed by atoms with Gasteiger partial charge in [0.2, 0.25) is 0 Å². The van der Waals surface area contributed by atoms with Gasteiger partial charge in [0.1, 0.15) is 0 Å². The summed E-state index contributed by atoms with van der Waals surface area (Å²) in [6.45, 7) is 2.22. The summed E-state index contributed by atoms with van der Waals surface area (Å²) in [6.07, 6.45) is 0. The summed E-state index contributed by atoms with van der Waals surface area (Å²) < 4.78 is 0. The first-order valence-electron chi connectivity index (χ1n) is 7.83. The van der Waals surface area contributed by atoms with Crippen molar-refractivity contribution in [3.05, 3.63) is 108 Å². The summed E-state index contributed by atoms with van der Waals surface area (Å²) >= 11 is 3.48. The van der Waals surface area contributed by atoms with Crippen LogP contribution in [0, 0.1) is 11.8 Å². The Bertz CT molecular complexity index is 715. The molecule has 0 N–H and O–H groups in total. The van der Waals surface area contributed by atoms with Crippen LogP contribution >= 0.6 is 22.8 Å². The monoisotopic (exact) mass is 394 g/mol. The zero-order valence-corrected chi connectivity index (χ0v) is 16.2. The average molecular weight is 395 g/mol. The lowest BCUT2D eigenvalue weighted by molar-refractivity contribution is 1.10. The number of hydrogen-bond donors (Lipinski definition) is 0. The van der Waals surface area contributed by atoms with E-state index in [-0.39, 0.29) is 0 Å². The molecule has 2 atom stereocenters. The molecule has 120 valence electrons. The molecule has 2 unspecified atom stereocenters. The molecule has 3 aromatic carbocycles. The van der Waals surface area contributed by atoms with Crippen LogP contribution in [0.25, 0.3) is 0 Å². The van der Waals surface area contributed by atoms with Crippen molar-refractivity contribution in [3.63, 3.8) is 0 Å². The molecule has 0 aliphatic carbocycles. The maximum Gasteiger partial charge on any atom is 0.0249 e. The minimum Gasteiger partial charge on any atom is -0.0636 e. The maximum absolute atomic E-state index is 3.48. The lowest BCUT2D eigenvalue weighted by Gasteiger charge is -2.05. The van der Waals surface area contributed by atoms with Gasteiger partial charge >= 0.3 is 0 Å². The average Bonchev–Trinajstić information content (AvgIpc) is 2.68. The van der Waals surface area contributed by atoms with Crippen LogP contribution in [-0.2, 0) is 0 Å². The van der Waals surface area contributed by atoms with Crippen LogP contribution in [0.4, 0.5) is 0 Å². The quantitative estimate of drug-likeness (QED) is 0.330. The highest BCUT2D eigenvalue weighted by Crippen LogP contribution is 2.38. The lowest BCUT2D eigenvalue weighted by Crippen LogP contribution is -1.81. The van der Waals surface area contributed by atoms with Gasteiger partial charge in [0.05, 0.1) is 0 Å². The van der Waals surface area contributed by atoms with Gasteiger partial charge in [-0.3, -0.25) is 0 Å². The molecule has 0 amide bonds. The van der Waals surface area contributed by atoms with E-state index >= 15 is 0 Å². The fourth-order valence-electron chi connectivity index (χ4n) is 1.99. The molecule has 0 aliphatic heterocycles. The van der Waals surface area contributed by atoms with Crippen LogP contribution in [0.1, 0.15) is 29.3 Å². The van der Waals surface area contributed by atoms with Gasteiger partial charge in [-0.05, 0) is 37.1 Å². The Morgan fingerprint density at radius 1 is 0.667 bits per heavy atom. The molecule has 3 aromatic rings. The summed E-state index contributed by atoms with van der Waals surface area (Å²) in [6, 6.07) is 30.6. The first-order chi connectivity index (χ1) is 11.8. The molecule has 0 radical (unpaired) electrons. The van der Waals surface area contributed by atoms with E-state index in [2.05, 4.69) is 58.5 Å². The predicted molar refractivity (Wildman–Crippen MR) is 111 cm³/mol. The van der Waals surface area contributed by atoms with Gasteiger partial charge in [-0.15, -0.1) is 0 Å². The summed E-state index contributed by atoms with van der Waals surface area (Å²) in [5.41, 5.74) is 4.17. The Hall–Kier alpha value is -1.87. The molecular formula is C22H20BrP. The molecule has 0 bridgehead atoms. The fraction of sp³-hybridized carbons (Fsp3) is 0.0909. The van der Waals surface area contributed by atoms with Crippen molar-refractivity contribution in [1.29, 1.82) is 0 Å². The Morgan fingerprint density at radius 2 is 1.04 bits per heavy atom. The van der Waals surface area contributed by atoms with Crippen molar-refractivity contribution in [3.8, 4) is 11.8 Å². The molecular weight excluding hydrogens is 375 g/mol. The van der Waals surface area contributed by atoms with E-state index in [9.17, 15) is 0 Å². The van der Waals surface area contributed by atoms with Crippen molar-refractivity contribution in [2.45, 2.75) is 12.6 Å². The molecule has 2 heteroatoms. The van der Waals surface area contributed by atoms with Crippen LogP contribution in [0.3, 0.4) is 0 Å². The van der Waals surface area contributed by atoms with E-state index in [0.717, 1.165) is 18.4 Å². The molecule has 0 nitrogen and oxygen atoms in total. The van der Waals surface area contributed by atoms with Crippen molar-refractivity contribution in [2.75, 3.05) is 0 Å². The van der Waals surface area contributed by atoms with Crippen molar-refractivity contribution in [2.24, 2.45) is 0 Å². The first-order valence-corrected chi connectivity index (χ1v) is 11.2. The smallest absolute Gasteiger partial charge is 0.0249 e. The van der Waals surface area contributed by atoms with E-state index in [1.165, 1.54) is 5.56 Å². The second-order valence-corrected chi connectivity index (χ2v) is 7.68. The standard InChI is InChI=1S/C14H10.C8H10BrP/c1-3-7-13(8-4-1)11-12-14-9-5-2-6-10-14;1-7(10-9)8-5-3-2-4-6-8/h1-10H;2-7,10H,1H3. The summed E-state index contributed by atoms with van der Waals surface area (Å²) in [4.78, 5) is 0. The van der Waals surface area contributed by atoms with Gasteiger partial charge < -0.3 is 0 Å². The molecule has 0 spiro atoms. The zero-order chi connectivity index (χ0) is 17.0. The third-order valence-electron chi connectivity index (χ3n) is 3.36. The third kappa shape index (κ3) is 6.71. The van der Waals surface area contributed by atoms with Crippen LogP contribution in [0.15, 0.2) is 91.0 Å². The number of rotatable bonds is 2. The van der Waals surface area contributed by atoms with Gasteiger partial charge in [0.25, 0.3) is 0 Å². The van der Waals surface area contributed by atoms with Gasteiger partial charge in [-0.1, -0.05) is 101 Å². The first kappa shape index (κ1) is 18.5.